The van der Waals surface area contributed by atoms with E-state index in [0.29, 0.717) is 0 Å². The van der Waals surface area contributed by atoms with Gasteiger partial charge in [0.25, 0.3) is 0 Å². The fraction of sp³-hybridized carbons (Fsp3) is 0.600. The molecule has 0 aromatic heterocycles. The Morgan fingerprint density at radius 2 is 1.61 bits per heavy atom. The van der Waals surface area contributed by atoms with Gasteiger partial charge in [-0.25, -0.2) is 24.2 Å². The molecule has 1 unspecified atom stereocenters. The maximum Gasteiger partial charge on any atom is 0.237 e. The third kappa shape index (κ3) is 6.18. The Bertz CT molecular complexity index is 448. The molecule has 0 spiro atoms. The van der Waals surface area contributed by atoms with E-state index in [-0.39, 0.29) is 19.4 Å². The van der Waals surface area contributed by atoms with Crippen molar-refractivity contribution in [3.8, 4) is 0 Å². The van der Waals surface area contributed by atoms with Crippen LogP contribution in [0.4, 0.5) is 0 Å². The van der Waals surface area contributed by atoms with Crippen molar-refractivity contribution in [3.05, 3.63) is 0 Å². The number of hydrogen-bond donors (Lipinski definition) is 0. The van der Waals surface area contributed by atoms with Crippen LogP contribution < -0.4 is 0 Å². The lowest BCUT2D eigenvalue weighted by molar-refractivity contribution is 0.406. The fourth-order valence-corrected chi connectivity index (χ4v) is 1.20. The summed E-state index contributed by atoms with van der Waals surface area (Å²) in [5, 5.41) is 0. The molecule has 8 nitrogen and oxygen atoms in total. The van der Waals surface area contributed by atoms with E-state index in [4.69, 9.17) is 0 Å². The molecule has 0 rings (SSSR count). The zero-order valence-corrected chi connectivity index (χ0v) is 9.62. The van der Waals surface area contributed by atoms with Gasteiger partial charge < -0.3 is 0 Å². The van der Waals surface area contributed by atoms with Crippen molar-refractivity contribution in [2.45, 2.75) is 31.5 Å². The summed E-state index contributed by atoms with van der Waals surface area (Å²) in [6.07, 6.45) is 4.69. The van der Waals surface area contributed by atoms with Gasteiger partial charge in [-0.2, -0.15) is 15.0 Å². The summed E-state index contributed by atoms with van der Waals surface area (Å²) < 4.78 is 0. The quantitative estimate of drug-likeness (QED) is 0.451. The average molecular weight is 250 g/mol. The lowest BCUT2D eigenvalue weighted by atomic mass is 9.96. The van der Waals surface area contributed by atoms with Gasteiger partial charge in [0.2, 0.25) is 24.3 Å². The smallest absolute Gasteiger partial charge is 0.211 e. The molecule has 0 aliphatic carbocycles. The van der Waals surface area contributed by atoms with Crippen LogP contribution in [0.5, 0.6) is 0 Å². The first kappa shape index (κ1) is 15.5. The highest BCUT2D eigenvalue weighted by atomic mass is 16.1. The minimum absolute atomic E-state index is 0.0614. The summed E-state index contributed by atoms with van der Waals surface area (Å²) in [5.74, 6) is 0. The first-order valence-electron chi connectivity index (χ1n) is 4.88. The zero-order chi connectivity index (χ0) is 13.9. The molecule has 0 bridgehead atoms. The summed E-state index contributed by atoms with van der Waals surface area (Å²) in [5.41, 5.74) is -0.978. The molecule has 0 aromatic carbocycles. The Hall–Kier alpha value is -2.48. The molecule has 0 aliphatic heterocycles. The Kier molecular flexibility index (Phi) is 7.46. The number of rotatable bonds is 8. The average Bonchev–Trinajstić information content (AvgIpc) is 2.35. The van der Waals surface area contributed by atoms with Crippen LogP contribution in [-0.2, 0) is 19.2 Å². The number of aliphatic imine (C=N–C) groups is 4. The Labute approximate surface area is 102 Å². The first-order chi connectivity index (χ1) is 8.61. The monoisotopic (exact) mass is 250 g/mol. The largest absolute Gasteiger partial charge is 0.237 e. The summed E-state index contributed by atoms with van der Waals surface area (Å²) in [6.45, 7) is 1.50. The van der Waals surface area contributed by atoms with Crippen LogP contribution in [0.1, 0.15) is 19.8 Å². The maximum atomic E-state index is 10.3. The van der Waals surface area contributed by atoms with Gasteiger partial charge in [-0.3, -0.25) is 0 Å². The van der Waals surface area contributed by atoms with Crippen LogP contribution >= 0.6 is 0 Å². The molecule has 0 N–H and O–H groups in total. The summed E-state index contributed by atoms with van der Waals surface area (Å²) in [7, 11) is 0. The van der Waals surface area contributed by atoms with Crippen LogP contribution in [0, 0.1) is 0 Å². The van der Waals surface area contributed by atoms with Crippen molar-refractivity contribution in [1.82, 2.24) is 0 Å². The maximum absolute atomic E-state index is 10.3. The second kappa shape index (κ2) is 8.65. The third-order valence-electron chi connectivity index (χ3n) is 2.14. The van der Waals surface area contributed by atoms with E-state index < -0.39 is 11.7 Å². The summed E-state index contributed by atoms with van der Waals surface area (Å²) in [6, 6.07) is 0. The second-order valence-electron chi connectivity index (χ2n) is 3.57. The van der Waals surface area contributed by atoms with E-state index in [2.05, 4.69) is 20.0 Å². The van der Waals surface area contributed by atoms with Gasteiger partial charge in [0.05, 0.1) is 12.1 Å². The normalized spacial score (nSPS) is 13.6. The van der Waals surface area contributed by atoms with E-state index in [1.165, 1.54) is 24.3 Å². The van der Waals surface area contributed by atoms with E-state index in [0.717, 1.165) is 0 Å². The highest BCUT2D eigenvalue weighted by molar-refractivity contribution is 5.37. The van der Waals surface area contributed by atoms with Gasteiger partial charge in [0.15, 0.2) is 6.17 Å². The van der Waals surface area contributed by atoms with Crippen LogP contribution in [0.3, 0.4) is 0 Å². The topological polar surface area (TPSA) is 118 Å². The number of carbonyl (C=O) groups excluding carboxylic acids is 4. The zero-order valence-electron chi connectivity index (χ0n) is 9.62. The van der Waals surface area contributed by atoms with E-state index in [1.54, 1.807) is 6.92 Å². The van der Waals surface area contributed by atoms with E-state index >= 15 is 0 Å². The van der Waals surface area contributed by atoms with Crippen molar-refractivity contribution in [2.24, 2.45) is 20.0 Å². The van der Waals surface area contributed by atoms with Crippen molar-refractivity contribution in [1.29, 1.82) is 0 Å². The van der Waals surface area contributed by atoms with Gasteiger partial charge in [0.1, 0.15) is 0 Å². The standard InChI is InChI=1S/C10H10N4O4/c1-10(14-8-18,4-11-5-15)3-2-9(12-6-16)13-7-17/h9H,2-4H2,1H3. The predicted octanol–water partition coefficient (Wildman–Crippen LogP) is 0.195. The molecule has 0 saturated carbocycles. The molecule has 8 heteroatoms. The van der Waals surface area contributed by atoms with Crippen molar-refractivity contribution < 1.29 is 19.2 Å². The molecule has 1 atom stereocenters. The molecule has 0 heterocycles. The molecule has 0 aliphatic rings. The third-order valence-corrected chi connectivity index (χ3v) is 2.14. The Balaban J connectivity index is 4.77. The van der Waals surface area contributed by atoms with Gasteiger partial charge in [-0.1, -0.05) is 0 Å². The first-order valence-corrected chi connectivity index (χ1v) is 4.88. The molecular formula is C10H10N4O4. The molecular weight excluding hydrogens is 240 g/mol. The number of hydrogen-bond acceptors (Lipinski definition) is 8. The molecule has 0 saturated heterocycles. The Morgan fingerprint density at radius 1 is 1.00 bits per heavy atom. The van der Waals surface area contributed by atoms with Gasteiger partial charge >= 0.3 is 0 Å². The number of nitrogens with zero attached hydrogens (tertiary/aromatic N) is 4. The van der Waals surface area contributed by atoms with Crippen molar-refractivity contribution >= 4 is 24.3 Å². The Morgan fingerprint density at radius 3 is 2.06 bits per heavy atom. The predicted molar refractivity (Wildman–Crippen MR) is 58.8 cm³/mol. The van der Waals surface area contributed by atoms with E-state index in [9.17, 15) is 19.2 Å². The highest BCUT2D eigenvalue weighted by Gasteiger charge is 2.24. The van der Waals surface area contributed by atoms with Gasteiger partial charge in [-0.05, 0) is 19.8 Å². The molecule has 0 amide bonds. The lowest BCUT2D eigenvalue weighted by Crippen LogP contribution is -2.27. The number of isocyanates is 4. The van der Waals surface area contributed by atoms with E-state index in [1.807, 2.05) is 0 Å². The summed E-state index contributed by atoms with van der Waals surface area (Å²) >= 11 is 0. The minimum Gasteiger partial charge on any atom is -0.211 e. The van der Waals surface area contributed by atoms with Crippen LogP contribution in [-0.4, -0.2) is 42.6 Å². The second-order valence-corrected chi connectivity index (χ2v) is 3.57. The minimum atomic E-state index is -0.978. The molecule has 0 aromatic rings. The molecule has 0 radical (unpaired) electrons. The fourth-order valence-electron chi connectivity index (χ4n) is 1.20. The SMILES string of the molecule is CC(CCC(N=C=O)N=C=O)(CN=C=O)N=C=O. The molecule has 18 heavy (non-hydrogen) atoms. The highest BCUT2D eigenvalue weighted by Crippen LogP contribution is 2.20. The summed E-state index contributed by atoms with van der Waals surface area (Å²) in [4.78, 5) is 53.9. The lowest BCUT2D eigenvalue weighted by Gasteiger charge is -2.20. The molecule has 0 fully saturated rings. The van der Waals surface area contributed by atoms with Gasteiger partial charge in [0, 0.05) is 0 Å². The molecule has 94 valence electrons. The van der Waals surface area contributed by atoms with Crippen LogP contribution in [0.15, 0.2) is 20.0 Å². The van der Waals surface area contributed by atoms with Gasteiger partial charge in [-0.15, -0.1) is 0 Å². The van der Waals surface area contributed by atoms with Crippen molar-refractivity contribution in [3.63, 3.8) is 0 Å². The van der Waals surface area contributed by atoms with Crippen LogP contribution in [0.25, 0.3) is 0 Å². The van der Waals surface area contributed by atoms with Crippen LogP contribution in [0.2, 0.25) is 0 Å². The van der Waals surface area contributed by atoms with Crippen molar-refractivity contribution in [2.75, 3.05) is 6.54 Å².